The summed E-state index contributed by atoms with van der Waals surface area (Å²) in [5.41, 5.74) is 17.9. The number of hydrogen-bond acceptors (Lipinski definition) is 27. The van der Waals surface area contributed by atoms with Crippen molar-refractivity contribution in [3.8, 4) is 139 Å². The smallest absolute Gasteiger partial charge is 0.258 e. The lowest BCUT2D eigenvalue weighted by molar-refractivity contribution is -0.132. The van der Waals surface area contributed by atoms with Gasteiger partial charge in [-0.15, -0.1) is 0 Å². The minimum Gasteiger partial charge on any atom is -0.490 e. The summed E-state index contributed by atoms with van der Waals surface area (Å²) in [6.07, 6.45) is 10.7. The highest BCUT2D eigenvalue weighted by molar-refractivity contribution is 7.90. The Morgan fingerprint density at radius 2 is 0.794 bits per heavy atom. The van der Waals surface area contributed by atoms with E-state index in [0.717, 1.165) is 96.7 Å². The van der Waals surface area contributed by atoms with E-state index in [0.29, 0.717) is 153 Å². The number of carbonyl (C=O) groups excluding carboxylic acids is 2. The average molecular weight is 1850 g/mol. The number of likely N-dealkylation sites (tertiary alicyclic amines) is 3. The van der Waals surface area contributed by atoms with Gasteiger partial charge in [-0.3, -0.25) is 24.3 Å². The number of nitrogens with one attached hydrogen (secondary N) is 1. The number of carbonyl (C=O) groups is 2. The highest BCUT2D eigenvalue weighted by Crippen LogP contribution is 2.47. The van der Waals surface area contributed by atoms with Crippen LogP contribution in [0.3, 0.4) is 0 Å². The second-order valence-electron chi connectivity index (χ2n) is 37.1. The van der Waals surface area contributed by atoms with Crippen LogP contribution in [0.15, 0.2) is 164 Å². The Hall–Kier alpha value is -13.8. The van der Waals surface area contributed by atoms with Crippen molar-refractivity contribution in [2.75, 3.05) is 72.2 Å². The van der Waals surface area contributed by atoms with E-state index in [1.54, 1.807) is 78.5 Å². The molecule has 136 heavy (non-hydrogen) atoms. The molecule has 2 unspecified atom stereocenters. The first kappa shape index (κ1) is 95.4. The number of hydrogen-bond donors (Lipinski definition) is 1. The SMILES string of the molecule is CC(C)Oc1ccc(-c2nc(-c3cccc4c3CCC4N3CC[C@@H](C)C3)no2)cc1C#N.CC(C)Oc1ccc(-c2nc(-c3cccc4c3CCC4N3CC[C@H](C)C3)no2)cc1C#N.CC(C)Oc1ccc(-c2nc(-c3cccc4c3CC[C@@H]4NS(=O)(=O)CC(=O)N3CCC3)no2)cc1C#N.CCN(CC(=O)N(C)C)[C@@H]1CCc2c(-c3noc(-c4ccc(OC(C)C)c(C#N)c4)n3)cccc21. The van der Waals surface area contributed by atoms with Crippen LogP contribution in [-0.2, 0) is 45.3 Å². The highest BCUT2D eigenvalue weighted by Gasteiger charge is 2.39. The summed E-state index contributed by atoms with van der Waals surface area (Å²) in [6, 6.07) is 55.3. The van der Waals surface area contributed by atoms with E-state index in [-0.39, 0.29) is 48.2 Å². The lowest BCUT2D eigenvalue weighted by Crippen LogP contribution is -2.46. The largest absolute Gasteiger partial charge is 0.490 e. The number of amides is 2. The maximum absolute atomic E-state index is 12.7. The fraction of sp³-hybridized carbons (Fsp3) is 0.410. The van der Waals surface area contributed by atoms with Gasteiger partial charge in [-0.05, 0) is 275 Å². The molecular formula is C105H114N18O12S. The molecule has 7 heterocycles. The zero-order valence-electron chi connectivity index (χ0n) is 79.2. The molecule has 702 valence electrons. The summed E-state index contributed by atoms with van der Waals surface area (Å²) in [5, 5.41) is 55.1. The minimum absolute atomic E-state index is 0.00395. The standard InChI is InChI=1S/C27H31N5O3.C26H27N5O5S.2C26H28N4O2/c1-6-32(16-25(33)31(4)5)23-12-11-20-21(23)8-7-9-22(20)26-29-27(35-30-26)18-10-13-24(34-17(2)3)19(14-18)15-28;1-16(2)35-23-10-7-17(13-18(23)14-27)26-28-25(29-36-26)21-6-3-5-20-19(21)8-9-22(20)30-37(33,34)15-24(32)31-11-4-12-31;2*1-16(2)31-24-10-7-18(13-19(24)14-27)26-28-25(29-32-26)22-6-4-5-21-20(22)8-9-23(21)30-12-11-17(3)15-30/h7-10,13-14,17,23H,6,11-12,16H2,1-5H3;3,5-7,10,13,16,22,30H,4,8-9,11-12,15H2,1-2H3;2*4-7,10,13,16-17,23H,8-9,11-12,15H2,1-3H3/t23-;22-;2*17-,23?/m1010/s1. The van der Waals surface area contributed by atoms with Crippen molar-refractivity contribution in [3.63, 3.8) is 0 Å². The van der Waals surface area contributed by atoms with E-state index in [4.69, 9.17) is 37.0 Å². The van der Waals surface area contributed by atoms with Crippen LogP contribution in [0.1, 0.15) is 212 Å². The molecule has 3 saturated heterocycles. The molecular weight excluding hydrogens is 1740 g/mol. The maximum atomic E-state index is 12.7. The molecule has 6 atom stereocenters. The third kappa shape index (κ3) is 21.4. The van der Waals surface area contributed by atoms with E-state index in [1.807, 2.05) is 104 Å². The molecule has 1 N–H and O–H groups in total. The molecule has 30 nitrogen and oxygen atoms in total. The number of fused-ring (bicyclic) bond motifs is 4. The van der Waals surface area contributed by atoms with Gasteiger partial charge in [-0.25, -0.2) is 13.1 Å². The van der Waals surface area contributed by atoms with Crippen LogP contribution in [0, 0.1) is 57.2 Å². The number of benzene rings is 8. The zero-order valence-corrected chi connectivity index (χ0v) is 80.0. The van der Waals surface area contributed by atoms with Crippen molar-refractivity contribution in [3.05, 3.63) is 212 Å². The summed E-state index contributed by atoms with van der Waals surface area (Å²) in [4.78, 5) is 53.8. The molecule has 4 aromatic heterocycles. The number of aromatic nitrogens is 8. The first-order valence-electron chi connectivity index (χ1n) is 47.0. The zero-order chi connectivity index (χ0) is 95.8. The van der Waals surface area contributed by atoms with Crippen LogP contribution < -0.4 is 23.7 Å². The number of nitriles is 4. The van der Waals surface area contributed by atoms with Crippen molar-refractivity contribution in [1.82, 2.24) is 69.8 Å². The molecule has 0 saturated carbocycles. The van der Waals surface area contributed by atoms with Crippen LogP contribution >= 0.6 is 0 Å². The molecule has 12 aromatic rings. The lowest BCUT2D eigenvalue weighted by Gasteiger charge is -2.30. The van der Waals surface area contributed by atoms with E-state index < -0.39 is 21.8 Å². The molecule has 4 aliphatic carbocycles. The van der Waals surface area contributed by atoms with Gasteiger partial charge in [0.25, 0.3) is 23.6 Å². The van der Waals surface area contributed by atoms with Crippen molar-refractivity contribution < 1.29 is 55.0 Å². The molecule has 0 bridgehead atoms. The van der Waals surface area contributed by atoms with Gasteiger partial charge < -0.3 is 46.8 Å². The Morgan fingerprint density at radius 1 is 0.456 bits per heavy atom. The fourth-order valence-electron chi connectivity index (χ4n) is 19.2. The molecule has 31 heteroatoms. The van der Waals surface area contributed by atoms with Gasteiger partial charge in [-0.1, -0.05) is 114 Å². The molecule has 3 aliphatic heterocycles. The van der Waals surface area contributed by atoms with Crippen LogP contribution in [0.25, 0.3) is 91.4 Å². The first-order chi connectivity index (χ1) is 65.6. The van der Waals surface area contributed by atoms with Gasteiger partial charge in [0, 0.05) is 109 Å². The summed E-state index contributed by atoms with van der Waals surface area (Å²) in [7, 11) is -0.209. The van der Waals surface area contributed by atoms with Crippen molar-refractivity contribution in [2.45, 2.75) is 195 Å². The van der Waals surface area contributed by atoms with Crippen LogP contribution in [0.5, 0.6) is 23.0 Å². The third-order valence-corrected chi connectivity index (χ3v) is 27.1. The lowest BCUT2D eigenvalue weighted by atomic mass is 10.0. The van der Waals surface area contributed by atoms with Gasteiger partial charge in [0.15, 0.2) is 0 Å². The second-order valence-corrected chi connectivity index (χ2v) is 38.9. The van der Waals surface area contributed by atoms with E-state index in [1.165, 1.54) is 72.4 Å². The van der Waals surface area contributed by atoms with E-state index in [9.17, 15) is 39.1 Å². The predicted octanol–water partition coefficient (Wildman–Crippen LogP) is 18.4. The van der Waals surface area contributed by atoms with E-state index >= 15 is 0 Å². The Morgan fingerprint density at radius 3 is 1.12 bits per heavy atom. The predicted molar refractivity (Wildman–Crippen MR) is 512 cm³/mol. The maximum Gasteiger partial charge on any atom is 0.258 e. The monoisotopic (exact) mass is 1850 g/mol. The number of sulfonamides is 1. The molecule has 3 fully saturated rings. The first-order valence-corrected chi connectivity index (χ1v) is 48.7. The van der Waals surface area contributed by atoms with Gasteiger partial charge in [0.2, 0.25) is 45.1 Å². The van der Waals surface area contributed by atoms with Gasteiger partial charge in [0.05, 0.1) is 53.2 Å². The Labute approximate surface area is 793 Å². The summed E-state index contributed by atoms with van der Waals surface area (Å²) < 4.78 is 73.2. The summed E-state index contributed by atoms with van der Waals surface area (Å²) in [5.74, 6) is 6.43. The number of nitrogens with zero attached hydrogens (tertiary/aromatic N) is 17. The second kappa shape index (κ2) is 42.0. The Kier molecular flexibility index (Phi) is 29.5. The van der Waals surface area contributed by atoms with Gasteiger partial charge >= 0.3 is 0 Å². The number of ether oxygens (including phenoxy) is 4. The normalized spacial score (nSPS) is 18.0. The topological polar surface area (TPSA) is 384 Å². The minimum atomic E-state index is -3.78. The summed E-state index contributed by atoms with van der Waals surface area (Å²) in [6.45, 7) is 29.3. The van der Waals surface area contributed by atoms with Crippen molar-refractivity contribution in [2.24, 2.45) is 11.8 Å². The van der Waals surface area contributed by atoms with Crippen molar-refractivity contribution in [1.29, 1.82) is 21.0 Å². The average Bonchev–Trinajstić information content (AvgIpc) is 1.63. The molecule has 0 radical (unpaired) electrons. The van der Waals surface area contributed by atoms with Crippen LogP contribution in [0.4, 0.5) is 0 Å². The third-order valence-electron chi connectivity index (χ3n) is 25.8. The molecule has 7 aliphatic rings. The number of likely N-dealkylation sites (N-methyl/N-ethyl adjacent to an activating group) is 2. The van der Waals surface area contributed by atoms with E-state index in [2.05, 4.69) is 147 Å². The van der Waals surface area contributed by atoms with Crippen LogP contribution in [0.2, 0.25) is 0 Å². The fourth-order valence-corrected chi connectivity index (χ4v) is 20.5. The number of rotatable bonds is 26. The summed E-state index contributed by atoms with van der Waals surface area (Å²) >= 11 is 0. The highest BCUT2D eigenvalue weighted by atomic mass is 32.2. The quantitative estimate of drug-likeness (QED) is 0.0526. The molecule has 0 spiro atoms. The molecule has 2 amide bonds. The molecule has 8 aromatic carbocycles. The van der Waals surface area contributed by atoms with Crippen LogP contribution in [-0.4, -0.2) is 182 Å². The van der Waals surface area contributed by atoms with Crippen molar-refractivity contribution >= 4 is 21.8 Å². The molecule has 19 rings (SSSR count). The van der Waals surface area contributed by atoms with Gasteiger partial charge in [-0.2, -0.15) is 41.0 Å². The Balaban J connectivity index is 0.000000132. The Bertz CT molecular complexity index is 6490. The van der Waals surface area contributed by atoms with Gasteiger partial charge in [0.1, 0.15) is 53.0 Å².